The summed E-state index contributed by atoms with van der Waals surface area (Å²) in [7, 11) is 0. The summed E-state index contributed by atoms with van der Waals surface area (Å²) in [6, 6.07) is -0.730. The molecule has 1 aliphatic carbocycles. The Bertz CT molecular complexity index is 252. The molecule has 1 saturated carbocycles. The van der Waals surface area contributed by atoms with E-state index in [9.17, 15) is 9.59 Å². The van der Waals surface area contributed by atoms with Gasteiger partial charge in [0.05, 0.1) is 6.04 Å². The van der Waals surface area contributed by atoms with Crippen molar-refractivity contribution in [3.05, 3.63) is 0 Å². The molecule has 1 fully saturated rings. The van der Waals surface area contributed by atoms with E-state index in [2.05, 4.69) is 5.32 Å². The number of amides is 3. The van der Waals surface area contributed by atoms with Gasteiger partial charge in [0.2, 0.25) is 5.91 Å². The summed E-state index contributed by atoms with van der Waals surface area (Å²) in [5.41, 5.74) is 10.4. The van der Waals surface area contributed by atoms with Crippen molar-refractivity contribution in [2.75, 3.05) is 13.1 Å². The molecule has 0 aliphatic heterocycles. The van der Waals surface area contributed by atoms with Crippen LogP contribution < -0.4 is 16.8 Å². The first kappa shape index (κ1) is 11.9. The van der Waals surface area contributed by atoms with Crippen molar-refractivity contribution in [3.63, 3.8) is 0 Å². The topological polar surface area (TPSA) is 101 Å². The Balaban J connectivity index is 2.50. The molecule has 1 unspecified atom stereocenters. The van der Waals surface area contributed by atoms with Crippen LogP contribution in [0.25, 0.3) is 0 Å². The molecule has 15 heavy (non-hydrogen) atoms. The molecule has 5 N–H and O–H groups in total. The molecule has 1 rings (SSSR count). The van der Waals surface area contributed by atoms with Crippen molar-refractivity contribution in [2.24, 2.45) is 11.5 Å². The van der Waals surface area contributed by atoms with E-state index in [-0.39, 0.29) is 11.9 Å². The predicted octanol–water partition coefficient (Wildman–Crippen LogP) is -1.01. The van der Waals surface area contributed by atoms with Crippen molar-refractivity contribution < 1.29 is 9.59 Å². The zero-order valence-corrected chi connectivity index (χ0v) is 8.90. The van der Waals surface area contributed by atoms with Crippen LogP contribution in [0.1, 0.15) is 19.8 Å². The smallest absolute Gasteiger partial charge is 0.318 e. The number of nitrogens with zero attached hydrogens (tertiary/aromatic N) is 1. The maximum absolute atomic E-state index is 11.5. The van der Waals surface area contributed by atoms with Gasteiger partial charge >= 0.3 is 6.03 Å². The fourth-order valence-electron chi connectivity index (χ4n) is 1.62. The number of hydrogen-bond donors (Lipinski definition) is 3. The Morgan fingerprint density at radius 3 is 2.53 bits per heavy atom. The van der Waals surface area contributed by atoms with Crippen LogP contribution in [0.15, 0.2) is 0 Å². The summed E-state index contributed by atoms with van der Waals surface area (Å²) in [5, 5.41) is 2.08. The van der Waals surface area contributed by atoms with Crippen molar-refractivity contribution in [1.82, 2.24) is 10.2 Å². The van der Waals surface area contributed by atoms with Crippen molar-refractivity contribution >= 4 is 11.9 Å². The van der Waals surface area contributed by atoms with Crippen LogP contribution >= 0.6 is 0 Å². The van der Waals surface area contributed by atoms with Crippen molar-refractivity contribution in [3.8, 4) is 0 Å². The third-order valence-electron chi connectivity index (χ3n) is 2.53. The number of rotatable bonds is 5. The van der Waals surface area contributed by atoms with Gasteiger partial charge in [-0.25, -0.2) is 4.79 Å². The Morgan fingerprint density at radius 2 is 2.13 bits per heavy atom. The van der Waals surface area contributed by atoms with E-state index in [4.69, 9.17) is 11.5 Å². The Kier molecular flexibility index (Phi) is 4.05. The van der Waals surface area contributed by atoms with Crippen LogP contribution in [0, 0.1) is 0 Å². The van der Waals surface area contributed by atoms with Gasteiger partial charge < -0.3 is 11.5 Å². The highest BCUT2D eigenvalue weighted by molar-refractivity contribution is 5.96. The van der Waals surface area contributed by atoms with E-state index in [0.29, 0.717) is 19.1 Å². The highest BCUT2D eigenvalue weighted by Crippen LogP contribution is 2.28. The standard InChI is InChI=1S/C9H18N4O2/c1-6(8(14)12-9(11)15)13(5-4-10)7-2-3-7/h6-7H,2-5,10H2,1H3,(H3,11,12,14,15). The number of hydrogen-bond acceptors (Lipinski definition) is 4. The minimum Gasteiger partial charge on any atom is -0.351 e. The molecule has 0 saturated heterocycles. The molecule has 3 amide bonds. The molecule has 86 valence electrons. The van der Waals surface area contributed by atoms with Gasteiger partial charge in [-0.15, -0.1) is 0 Å². The molecule has 1 aliphatic rings. The lowest BCUT2D eigenvalue weighted by Gasteiger charge is -2.27. The van der Waals surface area contributed by atoms with Crippen LogP contribution in [0.2, 0.25) is 0 Å². The Morgan fingerprint density at radius 1 is 1.53 bits per heavy atom. The molecule has 1 atom stereocenters. The van der Waals surface area contributed by atoms with Crippen molar-refractivity contribution in [2.45, 2.75) is 31.8 Å². The summed E-state index contributed by atoms with van der Waals surface area (Å²) in [6.45, 7) is 2.93. The monoisotopic (exact) mass is 214 g/mol. The number of carbonyl (C=O) groups is 2. The number of nitrogens with two attached hydrogens (primary N) is 2. The third-order valence-corrected chi connectivity index (χ3v) is 2.53. The minimum absolute atomic E-state index is 0.353. The highest BCUT2D eigenvalue weighted by Gasteiger charge is 2.34. The van der Waals surface area contributed by atoms with Crippen LogP contribution in [0.3, 0.4) is 0 Å². The van der Waals surface area contributed by atoms with Crippen LogP contribution in [0.5, 0.6) is 0 Å². The maximum atomic E-state index is 11.5. The Hall–Kier alpha value is -1.14. The van der Waals surface area contributed by atoms with E-state index in [0.717, 1.165) is 12.8 Å². The van der Waals surface area contributed by atoms with Crippen LogP contribution in [-0.4, -0.2) is 42.0 Å². The summed E-state index contributed by atoms with van der Waals surface area (Å²) >= 11 is 0. The second-order valence-corrected chi connectivity index (χ2v) is 3.79. The van der Waals surface area contributed by atoms with Gasteiger partial charge in [0, 0.05) is 19.1 Å². The van der Waals surface area contributed by atoms with Gasteiger partial charge in [-0.2, -0.15) is 0 Å². The fraction of sp³-hybridized carbons (Fsp3) is 0.778. The molecule has 0 aromatic heterocycles. The number of urea groups is 1. The van der Waals surface area contributed by atoms with Gasteiger partial charge in [0.15, 0.2) is 0 Å². The normalized spacial score (nSPS) is 17.5. The first-order valence-corrected chi connectivity index (χ1v) is 5.12. The average Bonchev–Trinajstić information content (AvgIpc) is 2.95. The molecular formula is C9H18N4O2. The number of primary amides is 1. The maximum Gasteiger partial charge on any atom is 0.318 e. The second-order valence-electron chi connectivity index (χ2n) is 3.79. The van der Waals surface area contributed by atoms with Gasteiger partial charge in [-0.05, 0) is 19.8 Å². The van der Waals surface area contributed by atoms with E-state index in [1.54, 1.807) is 6.92 Å². The van der Waals surface area contributed by atoms with Crippen LogP contribution in [0.4, 0.5) is 4.79 Å². The number of imide groups is 1. The zero-order chi connectivity index (χ0) is 11.4. The third kappa shape index (κ3) is 3.49. The van der Waals surface area contributed by atoms with Gasteiger partial charge in [0.25, 0.3) is 0 Å². The van der Waals surface area contributed by atoms with E-state index >= 15 is 0 Å². The lowest BCUT2D eigenvalue weighted by Crippen LogP contribution is -2.50. The minimum atomic E-state index is -0.810. The second kappa shape index (κ2) is 5.09. The SMILES string of the molecule is CC(C(=O)NC(N)=O)N(CCN)C1CC1. The summed E-state index contributed by atoms with van der Waals surface area (Å²) < 4.78 is 0. The Labute approximate surface area is 89.0 Å². The summed E-state index contributed by atoms with van der Waals surface area (Å²) in [5.74, 6) is -0.358. The molecule has 0 aromatic carbocycles. The average molecular weight is 214 g/mol. The highest BCUT2D eigenvalue weighted by atomic mass is 16.2. The number of nitrogens with one attached hydrogen (secondary N) is 1. The van der Waals surface area contributed by atoms with Gasteiger partial charge in [0.1, 0.15) is 0 Å². The van der Waals surface area contributed by atoms with Gasteiger partial charge in [-0.1, -0.05) is 0 Å². The molecule has 0 radical (unpaired) electrons. The van der Waals surface area contributed by atoms with E-state index in [1.807, 2.05) is 4.90 Å². The lowest BCUT2D eigenvalue weighted by molar-refractivity contribution is -0.124. The quantitative estimate of drug-likeness (QED) is 0.546. The lowest BCUT2D eigenvalue weighted by atomic mass is 10.2. The molecule has 6 nitrogen and oxygen atoms in total. The van der Waals surface area contributed by atoms with Crippen LogP contribution in [-0.2, 0) is 4.79 Å². The fourth-order valence-corrected chi connectivity index (χ4v) is 1.62. The van der Waals surface area contributed by atoms with Gasteiger partial charge in [-0.3, -0.25) is 15.0 Å². The largest absolute Gasteiger partial charge is 0.351 e. The first-order chi connectivity index (χ1) is 7.06. The molecule has 0 spiro atoms. The molecule has 0 heterocycles. The molecule has 6 heteroatoms. The predicted molar refractivity (Wildman–Crippen MR) is 56.0 cm³/mol. The first-order valence-electron chi connectivity index (χ1n) is 5.12. The van der Waals surface area contributed by atoms with E-state index < -0.39 is 6.03 Å². The molecule has 0 bridgehead atoms. The summed E-state index contributed by atoms with van der Waals surface area (Å²) in [4.78, 5) is 24.0. The van der Waals surface area contributed by atoms with Crippen molar-refractivity contribution in [1.29, 1.82) is 0 Å². The number of carbonyl (C=O) groups excluding carboxylic acids is 2. The van der Waals surface area contributed by atoms with E-state index in [1.165, 1.54) is 0 Å². The zero-order valence-electron chi connectivity index (χ0n) is 8.90. The summed E-state index contributed by atoms with van der Waals surface area (Å²) in [6.07, 6.45) is 2.18. The molecule has 0 aromatic rings. The molecular weight excluding hydrogens is 196 g/mol.